The van der Waals surface area contributed by atoms with Gasteiger partial charge in [-0.1, -0.05) is 18.2 Å². The lowest BCUT2D eigenvalue weighted by Gasteiger charge is -2.06. The van der Waals surface area contributed by atoms with Gasteiger partial charge in [0.2, 0.25) is 0 Å². The molecule has 0 aliphatic heterocycles. The Morgan fingerprint density at radius 2 is 2.09 bits per heavy atom. The number of hydrogen-bond donors (Lipinski definition) is 2. The Kier molecular flexibility index (Phi) is 6.06. The summed E-state index contributed by atoms with van der Waals surface area (Å²) in [4.78, 5) is 24.3. The standard InChI is InChI=1S/C16H17NO4S2/c1-21-15(20)13-9-11(16(22-2)23-13)14(19)17-8-7-10-5-3-4-6-12(10)18/h3-6,9,18H,7-8H2,1-2H3,(H,17,19). The molecule has 0 bridgehead atoms. The lowest BCUT2D eigenvalue weighted by molar-refractivity contribution is 0.0606. The zero-order valence-corrected chi connectivity index (χ0v) is 14.4. The number of ether oxygens (including phenoxy) is 1. The van der Waals surface area contributed by atoms with E-state index in [9.17, 15) is 14.7 Å². The third-order valence-electron chi connectivity index (χ3n) is 3.19. The Bertz CT molecular complexity index is 712. The van der Waals surface area contributed by atoms with Crippen LogP contribution in [0.15, 0.2) is 34.5 Å². The van der Waals surface area contributed by atoms with Crippen molar-refractivity contribution >= 4 is 35.0 Å². The van der Waals surface area contributed by atoms with Gasteiger partial charge < -0.3 is 15.2 Å². The van der Waals surface area contributed by atoms with Gasteiger partial charge in [-0.2, -0.15) is 0 Å². The first-order valence-corrected chi connectivity index (χ1v) is 8.92. The molecule has 1 heterocycles. The van der Waals surface area contributed by atoms with Crippen LogP contribution in [0.3, 0.4) is 0 Å². The summed E-state index contributed by atoms with van der Waals surface area (Å²) in [6.45, 7) is 0.396. The van der Waals surface area contributed by atoms with E-state index >= 15 is 0 Å². The molecule has 0 aliphatic carbocycles. The number of rotatable bonds is 6. The summed E-state index contributed by atoms with van der Waals surface area (Å²) in [5.74, 6) is -0.468. The number of thiophene rings is 1. The molecule has 0 unspecified atom stereocenters. The number of para-hydroxylation sites is 1. The van der Waals surface area contributed by atoms with Crippen LogP contribution in [0, 0.1) is 0 Å². The van der Waals surface area contributed by atoms with E-state index < -0.39 is 5.97 Å². The Morgan fingerprint density at radius 3 is 2.74 bits per heavy atom. The minimum absolute atomic E-state index is 0.218. The van der Waals surface area contributed by atoms with Gasteiger partial charge in [-0.25, -0.2) is 4.79 Å². The van der Waals surface area contributed by atoms with E-state index in [1.165, 1.54) is 30.2 Å². The average Bonchev–Trinajstić information content (AvgIpc) is 3.00. The van der Waals surface area contributed by atoms with Crippen LogP contribution in [0.2, 0.25) is 0 Å². The van der Waals surface area contributed by atoms with E-state index in [4.69, 9.17) is 0 Å². The largest absolute Gasteiger partial charge is 0.508 e. The zero-order valence-electron chi connectivity index (χ0n) is 12.8. The first-order valence-electron chi connectivity index (χ1n) is 6.88. The molecule has 2 aromatic rings. The fourth-order valence-electron chi connectivity index (χ4n) is 2.01. The van der Waals surface area contributed by atoms with Gasteiger partial charge in [-0.15, -0.1) is 23.1 Å². The number of nitrogens with one attached hydrogen (secondary N) is 1. The molecule has 0 spiro atoms. The number of methoxy groups -OCH3 is 1. The molecule has 0 saturated heterocycles. The topological polar surface area (TPSA) is 75.6 Å². The van der Waals surface area contributed by atoms with Crippen LogP contribution >= 0.6 is 23.1 Å². The van der Waals surface area contributed by atoms with Crippen molar-refractivity contribution in [3.8, 4) is 5.75 Å². The third-order valence-corrected chi connectivity index (χ3v) is 5.44. The number of thioether (sulfide) groups is 1. The van der Waals surface area contributed by atoms with Crippen LogP contribution < -0.4 is 5.32 Å². The van der Waals surface area contributed by atoms with E-state index in [1.807, 2.05) is 18.4 Å². The fourth-order valence-corrected chi connectivity index (χ4v) is 3.79. The van der Waals surface area contributed by atoms with E-state index in [0.717, 1.165) is 9.77 Å². The Balaban J connectivity index is 2.02. The second-order valence-corrected chi connectivity index (χ2v) is 6.77. The normalized spacial score (nSPS) is 10.3. The predicted octanol–water partition coefficient (Wildman–Crippen LogP) is 2.93. The van der Waals surface area contributed by atoms with Crippen molar-refractivity contribution in [3.63, 3.8) is 0 Å². The maximum absolute atomic E-state index is 12.3. The Morgan fingerprint density at radius 1 is 1.35 bits per heavy atom. The molecule has 2 rings (SSSR count). The highest BCUT2D eigenvalue weighted by atomic mass is 32.2. The van der Waals surface area contributed by atoms with Crippen molar-refractivity contribution in [2.24, 2.45) is 0 Å². The quantitative estimate of drug-likeness (QED) is 0.618. The molecule has 0 saturated carbocycles. The number of carbonyl (C=O) groups is 2. The highest BCUT2D eigenvalue weighted by molar-refractivity contribution is 8.00. The number of benzene rings is 1. The molecule has 0 atom stereocenters. The van der Waals surface area contributed by atoms with Crippen LogP contribution in [0.4, 0.5) is 0 Å². The summed E-state index contributed by atoms with van der Waals surface area (Å²) in [5, 5.41) is 12.5. The molecule has 1 amide bonds. The zero-order chi connectivity index (χ0) is 16.8. The molecular weight excluding hydrogens is 334 g/mol. The van der Waals surface area contributed by atoms with Crippen LogP contribution in [0.1, 0.15) is 25.6 Å². The summed E-state index contributed by atoms with van der Waals surface area (Å²) in [5.41, 5.74) is 1.25. The number of aromatic hydroxyl groups is 1. The van der Waals surface area contributed by atoms with Gasteiger partial charge in [-0.05, 0) is 30.4 Å². The van der Waals surface area contributed by atoms with Crippen molar-refractivity contribution in [2.45, 2.75) is 10.6 Å². The van der Waals surface area contributed by atoms with Crippen molar-refractivity contribution in [3.05, 3.63) is 46.3 Å². The first kappa shape index (κ1) is 17.4. The van der Waals surface area contributed by atoms with Gasteiger partial charge >= 0.3 is 5.97 Å². The van der Waals surface area contributed by atoms with Gasteiger partial charge in [-0.3, -0.25) is 4.79 Å². The highest BCUT2D eigenvalue weighted by Crippen LogP contribution is 2.31. The van der Waals surface area contributed by atoms with Gasteiger partial charge in [0.25, 0.3) is 5.91 Å². The van der Waals surface area contributed by atoms with Crippen LogP contribution in [0.5, 0.6) is 5.75 Å². The second kappa shape index (κ2) is 8.03. The minimum atomic E-state index is -0.446. The maximum Gasteiger partial charge on any atom is 0.348 e. The minimum Gasteiger partial charge on any atom is -0.508 e. The molecule has 0 aliphatic rings. The van der Waals surface area contributed by atoms with Gasteiger partial charge in [0.1, 0.15) is 10.6 Å². The van der Waals surface area contributed by atoms with Gasteiger partial charge in [0.05, 0.1) is 16.9 Å². The Labute approximate surface area is 142 Å². The summed E-state index contributed by atoms with van der Waals surface area (Å²) in [6, 6.07) is 8.57. The summed E-state index contributed by atoms with van der Waals surface area (Å²) in [7, 11) is 1.31. The van der Waals surface area contributed by atoms with Crippen molar-refractivity contribution in [1.82, 2.24) is 5.32 Å². The first-order chi connectivity index (χ1) is 11.1. The molecule has 2 N–H and O–H groups in total. The lowest BCUT2D eigenvalue weighted by Crippen LogP contribution is -2.25. The smallest absolute Gasteiger partial charge is 0.348 e. The molecule has 5 nitrogen and oxygen atoms in total. The van der Waals surface area contributed by atoms with E-state index in [0.29, 0.717) is 23.4 Å². The number of phenolic OH excluding ortho intramolecular Hbond substituents is 1. The van der Waals surface area contributed by atoms with Crippen LogP contribution in [-0.4, -0.2) is 36.9 Å². The molecule has 122 valence electrons. The fraction of sp³-hybridized carbons (Fsp3) is 0.250. The van der Waals surface area contributed by atoms with E-state index in [1.54, 1.807) is 18.2 Å². The second-order valence-electron chi connectivity index (χ2n) is 4.64. The molecule has 7 heteroatoms. The number of carbonyl (C=O) groups excluding carboxylic acids is 2. The molecule has 1 aromatic carbocycles. The molecule has 1 aromatic heterocycles. The van der Waals surface area contributed by atoms with E-state index in [2.05, 4.69) is 10.1 Å². The molecule has 23 heavy (non-hydrogen) atoms. The maximum atomic E-state index is 12.3. The summed E-state index contributed by atoms with van der Waals surface area (Å²) in [6.07, 6.45) is 2.38. The monoisotopic (exact) mass is 351 g/mol. The van der Waals surface area contributed by atoms with Crippen LogP contribution in [-0.2, 0) is 11.2 Å². The molecular formula is C16H17NO4S2. The van der Waals surface area contributed by atoms with Crippen molar-refractivity contribution in [1.29, 1.82) is 0 Å². The van der Waals surface area contributed by atoms with E-state index in [-0.39, 0.29) is 11.7 Å². The summed E-state index contributed by atoms with van der Waals surface area (Å²) < 4.78 is 5.45. The lowest BCUT2D eigenvalue weighted by atomic mass is 10.1. The van der Waals surface area contributed by atoms with Gasteiger partial charge in [0.15, 0.2) is 0 Å². The number of phenols is 1. The Hall–Kier alpha value is -1.99. The SMILES string of the molecule is COC(=O)c1cc(C(=O)NCCc2ccccc2O)c(SC)s1. The third kappa shape index (κ3) is 4.27. The number of amides is 1. The van der Waals surface area contributed by atoms with Crippen molar-refractivity contribution < 1.29 is 19.4 Å². The highest BCUT2D eigenvalue weighted by Gasteiger charge is 2.19. The number of hydrogen-bond acceptors (Lipinski definition) is 6. The average molecular weight is 351 g/mol. The van der Waals surface area contributed by atoms with Gasteiger partial charge in [0, 0.05) is 6.54 Å². The molecule has 0 radical (unpaired) electrons. The predicted molar refractivity (Wildman–Crippen MR) is 91.6 cm³/mol. The molecule has 0 fully saturated rings. The number of esters is 1. The van der Waals surface area contributed by atoms with Crippen LogP contribution in [0.25, 0.3) is 0 Å². The van der Waals surface area contributed by atoms with Crippen molar-refractivity contribution in [2.75, 3.05) is 19.9 Å². The summed E-state index contributed by atoms with van der Waals surface area (Å²) >= 11 is 2.66.